The second-order valence-electron chi connectivity index (χ2n) is 10.1. The Morgan fingerprint density at radius 3 is 2.60 bits per heavy atom. The third kappa shape index (κ3) is 4.78. The molecule has 5 aromatic rings. The lowest BCUT2D eigenvalue weighted by Crippen LogP contribution is -2.31. The largest absolute Gasteiger partial charge is 0.424 e. The average molecular weight is 537 g/mol. The molecule has 0 amide bonds. The van der Waals surface area contributed by atoms with E-state index in [4.69, 9.17) is 20.0 Å². The number of nitrogens with two attached hydrogens (primary N) is 1. The maximum absolute atomic E-state index is 13.2. The van der Waals surface area contributed by atoms with Gasteiger partial charge in [-0.05, 0) is 42.4 Å². The molecule has 0 saturated carbocycles. The van der Waals surface area contributed by atoms with E-state index in [9.17, 15) is 4.79 Å². The molecule has 1 aliphatic heterocycles. The Morgan fingerprint density at radius 2 is 1.85 bits per heavy atom. The van der Waals surface area contributed by atoms with Crippen molar-refractivity contribution in [2.75, 3.05) is 25.6 Å². The van der Waals surface area contributed by atoms with E-state index >= 15 is 0 Å². The van der Waals surface area contributed by atoms with Crippen molar-refractivity contribution in [3.05, 3.63) is 100 Å². The van der Waals surface area contributed by atoms with Gasteiger partial charge in [-0.1, -0.05) is 61.5 Å². The predicted molar refractivity (Wildman–Crippen MR) is 156 cm³/mol. The number of aryl methyl sites for hydroxylation is 1. The molecule has 9 nitrogen and oxygen atoms in total. The number of hydrogen-bond donors (Lipinski definition) is 1. The topological polar surface area (TPSA) is 112 Å². The Kier molecular flexibility index (Phi) is 7.15. The highest BCUT2D eigenvalue weighted by Gasteiger charge is 2.27. The summed E-state index contributed by atoms with van der Waals surface area (Å²) in [6.45, 7) is 6.69. The Balaban J connectivity index is 1.36. The maximum Gasteiger partial charge on any atom is 0.343 e. The van der Waals surface area contributed by atoms with Crippen LogP contribution < -0.4 is 11.4 Å². The minimum absolute atomic E-state index is 0.366. The molecule has 6 rings (SSSR count). The first-order valence-electron chi connectivity index (χ1n) is 13.6. The standard InChI is InChI=1S/C31H32N6O3/c1-3-25-27-29(32)33-18-34-30(27)37(35-25)20(2)28-26(23-11-7-8-12-24(23)31(38)40-28)22-13-15-36(16-14-22)19-39-17-21-9-5-4-6-10-21/h4-13,18,20H,3,14-17,19H2,1-2H3,(H2,32,33,34). The highest BCUT2D eigenvalue weighted by Crippen LogP contribution is 2.36. The monoisotopic (exact) mass is 536 g/mol. The van der Waals surface area contributed by atoms with Gasteiger partial charge in [0.2, 0.25) is 0 Å². The lowest BCUT2D eigenvalue weighted by Gasteiger charge is -2.28. The summed E-state index contributed by atoms with van der Waals surface area (Å²) < 4.78 is 13.9. The molecule has 0 fully saturated rings. The molecule has 40 heavy (non-hydrogen) atoms. The molecule has 0 saturated heterocycles. The molecule has 4 heterocycles. The van der Waals surface area contributed by atoms with E-state index in [1.165, 1.54) is 6.33 Å². The summed E-state index contributed by atoms with van der Waals surface area (Å²) in [7, 11) is 0. The van der Waals surface area contributed by atoms with Crippen LogP contribution in [0.15, 0.2) is 76.2 Å². The summed E-state index contributed by atoms with van der Waals surface area (Å²) in [4.78, 5) is 24.1. The van der Waals surface area contributed by atoms with E-state index in [0.717, 1.165) is 52.7 Å². The second kappa shape index (κ2) is 11.0. The van der Waals surface area contributed by atoms with Crippen molar-refractivity contribution in [3.63, 3.8) is 0 Å². The number of ether oxygens (including phenoxy) is 1. The van der Waals surface area contributed by atoms with Gasteiger partial charge in [-0.3, -0.25) is 4.90 Å². The van der Waals surface area contributed by atoms with Gasteiger partial charge in [0.15, 0.2) is 5.65 Å². The van der Waals surface area contributed by atoms with Crippen LogP contribution in [0.1, 0.15) is 48.9 Å². The molecule has 0 spiro atoms. The van der Waals surface area contributed by atoms with Gasteiger partial charge in [-0.15, -0.1) is 0 Å². The van der Waals surface area contributed by atoms with E-state index in [2.05, 4.69) is 33.1 Å². The molecule has 0 aliphatic carbocycles. The fourth-order valence-electron chi connectivity index (χ4n) is 5.46. The van der Waals surface area contributed by atoms with Gasteiger partial charge in [-0.2, -0.15) is 5.10 Å². The van der Waals surface area contributed by atoms with Gasteiger partial charge in [0.1, 0.15) is 23.9 Å². The summed E-state index contributed by atoms with van der Waals surface area (Å²) in [5, 5.41) is 7.02. The number of anilines is 1. The third-order valence-electron chi connectivity index (χ3n) is 7.54. The lowest BCUT2D eigenvalue weighted by molar-refractivity contribution is 0.0242. The molecule has 1 aliphatic rings. The van der Waals surface area contributed by atoms with Crippen LogP contribution in [0.5, 0.6) is 0 Å². The first kappa shape index (κ1) is 25.9. The summed E-state index contributed by atoms with van der Waals surface area (Å²) in [5.41, 5.74) is 10.5. The van der Waals surface area contributed by atoms with Crippen molar-refractivity contribution in [1.82, 2.24) is 24.6 Å². The highest BCUT2D eigenvalue weighted by atomic mass is 16.5. The Labute approximate surface area is 231 Å². The van der Waals surface area contributed by atoms with E-state index < -0.39 is 6.04 Å². The zero-order valence-electron chi connectivity index (χ0n) is 22.7. The zero-order chi connectivity index (χ0) is 27.6. The molecular formula is C31H32N6O3. The number of benzene rings is 2. The van der Waals surface area contributed by atoms with Crippen LogP contribution in [0.2, 0.25) is 0 Å². The van der Waals surface area contributed by atoms with Gasteiger partial charge in [-0.25, -0.2) is 19.4 Å². The molecule has 204 valence electrons. The summed E-state index contributed by atoms with van der Waals surface area (Å²) in [6, 6.07) is 17.4. The van der Waals surface area contributed by atoms with Crippen molar-refractivity contribution in [2.24, 2.45) is 0 Å². The quantitative estimate of drug-likeness (QED) is 0.296. The number of fused-ring (bicyclic) bond motifs is 2. The first-order valence-corrected chi connectivity index (χ1v) is 13.6. The van der Waals surface area contributed by atoms with Gasteiger partial charge in [0, 0.05) is 18.7 Å². The first-order chi connectivity index (χ1) is 19.5. The lowest BCUT2D eigenvalue weighted by atomic mass is 9.92. The van der Waals surface area contributed by atoms with Crippen LogP contribution in [0, 0.1) is 0 Å². The smallest absolute Gasteiger partial charge is 0.343 e. The van der Waals surface area contributed by atoms with Gasteiger partial charge >= 0.3 is 5.63 Å². The van der Waals surface area contributed by atoms with Gasteiger partial charge in [0.25, 0.3) is 0 Å². The van der Waals surface area contributed by atoms with E-state index in [1.54, 1.807) is 4.68 Å². The van der Waals surface area contributed by atoms with E-state index in [1.807, 2.05) is 56.3 Å². The fraction of sp³-hybridized carbons (Fsp3) is 0.290. The molecule has 0 bridgehead atoms. The van der Waals surface area contributed by atoms with E-state index in [-0.39, 0.29) is 5.63 Å². The summed E-state index contributed by atoms with van der Waals surface area (Å²) in [5.74, 6) is 0.956. The molecule has 3 aromatic heterocycles. The van der Waals surface area contributed by atoms with Crippen LogP contribution in [-0.4, -0.2) is 44.5 Å². The number of rotatable bonds is 8. The van der Waals surface area contributed by atoms with Crippen LogP contribution in [-0.2, 0) is 17.8 Å². The molecule has 2 aromatic carbocycles. The molecule has 1 atom stereocenters. The average Bonchev–Trinajstić information content (AvgIpc) is 3.38. The third-order valence-corrected chi connectivity index (χ3v) is 7.54. The summed E-state index contributed by atoms with van der Waals surface area (Å²) in [6.07, 6.45) is 5.13. The maximum atomic E-state index is 13.2. The molecule has 0 radical (unpaired) electrons. The van der Waals surface area contributed by atoms with Gasteiger partial charge in [0.05, 0.1) is 29.8 Å². The SMILES string of the molecule is CCc1nn(C(C)c2oc(=O)c3ccccc3c2C2=CCN(COCc3ccccc3)CC2)c2ncnc(N)c12. The molecule has 2 N–H and O–H groups in total. The number of nitrogens with zero attached hydrogens (tertiary/aromatic N) is 5. The summed E-state index contributed by atoms with van der Waals surface area (Å²) >= 11 is 0. The Hall–Kier alpha value is -4.34. The molecular weight excluding hydrogens is 504 g/mol. The number of hydrogen-bond acceptors (Lipinski definition) is 8. The predicted octanol–water partition coefficient (Wildman–Crippen LogP) is 4.95. The van der Waals surface area contributed by atoms with Crippen LogP contribution in [0.3, 0.4) is 0 Å². The van der Waals surface area contributed by atoms with Crippen molar-refractivity contribution in [1.29, 1.82) is 0 Å². The second-order valence-corrected chi connectivity index (χ2v) is 10.1. The molecule has 9 heteroatoms. The normalized spacial score (nSPS) is 15.0. The van der Waals surface area contributed by atoms with Crippen LogP contribution >= 0.6 is 0 Å². The van der Waals surface area contributed by atoms with Crippen molar-refractivity contribution < 1.29 is 9.15 Å². The highest BCUT2D eigenvalue weighted by molar-refractivity contribution is 5.94. The van der Waals surface area contributed by atoms with Crippen LogP contribution in [0.25, 0.3) is 27.4 Å². The Bertz CT molecular complexity index is 1760. The van der Waals surface area contributed by atoms with Crippen molar-refractivity contribution >= 4 is 33.2 Å². The fourth-order valence-corrected chi connectivity index (χ4v) is 5.46. The van der Waals surface area contributed by atoms with Crippen molar-refractivity contribution in [3.8, 4) is 0 Å². The number of aromatic nitrogens is 4. The van der Waals surface area contributed by atoms with Gasteiger partial charge < -0.3 is 14.9 Å². The van der Waals surface area contributed by atoms with Crippen molar-refractivity contribution in [2.45, 2.75) is 39.3 Å². The number of nitrogen functional groups attached to an aromatic ring is 1. The molecule has 1 unspecified atom stereocenters. The van der Waals surface area contributed by atoms with E-state index in [0.29, 0.717) is 42.4 Å². The minimum atomic E-state index is -0.405. The van der Waals surface area contributed by atoms with Crippen LogP contribution in [0.4, 0.5) is 5.82 Å². The zero-order valence-corrected chi connectivity index (χ0v) is 22.7. The minimum Gasteiger partial charge on any atom is -0.424 e. The Morgan fingerprint density at radius 1 is 1.07 bits per heavy atom.